The lowest BCUT2D eigenvalue weighted by molar-refractivity contribution is 0.279. The van der Waals surface area contributed by atoms with Crippen LogP contribution in [0, 0.1) is 18.8 Å². The minimum Gasteiger partial charge on any atom is -0.418 e. The van der Waals surface area contributed by atoms with Gasteiger partial charge in [-0.05, 0) is 50.7 Å². The fraction of sp³-hybridized carbons (Fsp3) is 0.556. The molecule has 2 aromatic rings. The maximum atomic E-state index is 5.90. The molecule has 0 N–H and O–H groups in total. The van der Waals surface area contributed by atoms with Gasteiger partial charge >= 0.3 is 0 Å². The Morgan fingerprint density at radius 3 is 2.78 bits per heavy atom. The van der Waals surface area contributed by atoms with Crippen molar-refractivity contribution in [2.24, 2.45) is 18.9 Å². The van der Waals surface area contributed by atoms with E-state index in [1.54, 1.807) is 5.57 Å². The van der Waals surface area contributed by atoms with E-state index >= 15 is 0 Å². The van der Waals surface area contributed by atoms with E-state index < -0.39 is 0 Å². The summed E-state index contributed by atoms with van der Waals surface area (Å²) in [5.41, 5.74) is 3.72. The number of nitrogens with zero attached hydrogens (tertiary/aromatic N) is 4. The molecule has 2 aliphatic rings. The molecule has 1 saturated heterocycles. The first-order chi connectivity index (χ1) is 11.1. The highest BCUT2D eigenvalue weighted by molar-refractivity contribution is 5.48. The van der Waals surface area contributed by atoms with Gasteiger partial charge in [-0.1, -0.05) is 11.6 Å². The first-order valence-corrected chi connectivity index (χ1v) is 8.43. The number of aromatic nitrogens is 3. The molecule has 4 rings (SSSR count). The molecule has 0 amide bonds. The highest BCUT2D eigenvalue weighted by Crippen LogP contribution is 2.36. The van der Waals surface area contributed by atoms with Crippen LogP contribution in [0.15, 0.2) is 28.2 Å². The Bertz CT molecular complexity index is 742. The lowest BCUT2D eigenvalue weighted by Crippen LogP contribution is -2.20. The largest absolute Gasteiger partial charge is 0.418 e. The van der Waals surface area contributed by atoms with Crippen LogP contribution in [0.1, 0.15) is 31.4 Å². The van der Waals surface area contributed by atoms with Crippen LogP contribution in [0.3, 0.4) is 0 Å². The molecule has 0 saturated carbocycles. The minimum atomic E-state index is 0.615. The molecule has 0 spiro atoms. The Morgan fingerprint density at radius 1 is 1.17 bits per heavy atom. The first-order valence-electron chi connectivity index (χ1n) is 8.43. The zero-order valence-corrected chi connectivity index (χ0v) is 14.1. The van der Waals surface area contributed by atoms with Gasteiger partial charge in [0.15, 0.2) is 0 Å². The van der Waals surface area contributed by atoms with Crippen molar-refractivity contribution in [1.29, 1.82) is 0 Å². The molecule has 3 heterocycles. The molecule has 1 aliphatic carbocycles. The summed E-state index contributed by atoms with van der Waals surface area (Å²) in [7, 11) is 2.02. The van der Waals surface area contributed by atoms with Gasteiger partial charge in [0.05, 0.1) is 6.54 Å². The second kappa shape index (κ2) is 5.64. The van der Waals surface area contributed by atoms with Crippen LogP contribution in [0.2, 0.25) is 0 Å². The molecule has 0 aromatic carbocycles. The van der Waals surface area contributed by atoms with Crippen molar-refractivity contribution in [3.05, 3.63) is 35.4 Å². The van der Waals surface area contributed by atoms with Crippen LogP contribution in [0.4, 0.5) is 0 Å². The number of allylic oxidation sites excluding steroid dienone is 2. The summed E-state index contributed by atoms with van der Waals surface area (Å²) in [5.74, 6) is 2.95. The fourth-order valence-corrected chi connectivity index (χ4v) is 3.95. The minimum absolute atomic E-state index is 0.615. The maximum Gasteiger partial charge on any atom is 0.264 e. The van der Waals surface area contributed by atoms with Crippen LogP contribution < -0.4 is 0 Å². The normalized spacial score (nSPS) is 24.7. The maximum absolute atomic E-state index is 5.90. The first kappa shape index (κ1) is 14.7. The van der Waals surface area contributed by atoms with Gasteiger partial charge in [-0.15, -0.1) is 10.2 Å². The highest BCUT2D eigenvalue weighted by atomic mass is 16.4. The Kier molecular flexibility index (Phi) is 3.60. The van der Waals surface area contributed by atoms with E-state index in [0.29, 0.717) is 5.89 Å². The number of hydrogen-bond acceptors (Lipinski definition) is 4. The quantitative estimate of drug-likeness (QED) is 0.817. The zero-order chi connectivity index (χ0) is 16.0. The Hall–Kier alpha value is -1.88. The van der Waals surface area contributed by atoms with Gasteiger partial charge in [0.1, 0.15) is 5.69 Å². The van der Waals surface area contributed by atoms with Crippen LogP contribution in [0.5, 0.6) is 0 Å². The second-order valence-corrected chi connectivity index (χ2v) is 7.12. The van der Waals surface area contributed by atoms with Gasteiger partial charge in [0.2, 0.25) is 5.89 Å². The van der Waals surface area contributed by atoms with Crippen molar-refractivity contribution in [1.82, 2.24) is 19.7 Å². The van der Waals surface area contributed by atoms with Crippen LogP contribution in [0.25, 0.3) is 11.6 Å². The van der Waals surface area contributed by atoms with E-state index in [2.05, 4.69) is 45.7 Å². The average Bonchev–Trinajstić information content (AvgIpc) is 3.20. The predicted molar refractivity (Wildman–Crippen MR) is 88.7 cm³/mol. The smallest absolute Gasteiger partial charge is 0.264 e. The van der Waals surface area contributed by atoms with Crippen LogP contribution >= 0.6 is 0 Å². The molecule has 5 nitrogen and oxygen atoms in total. The lowest BCUT2D eigenvalue weighted by atomic mass is 9.83. The van der Waals surface area contributed by atoms with Crippen molar-refractivity contribution in [2.75, 3.05) is 13.1 Å². The van der Waals surface area contributed by atoms with E-state index in [-0.39, 0.29) is 0 Å². The van der Waals surface area contributed by atoms with E-state index in [0.717, 1.165) is 43.1 Å². The van der Waals surface area contributed by atoms with Gasteiger partial charge in [-0.3, -0.25) is 4.90 Å². The fourth-order valence-electron chi connectivity index (χ4n) is 3.95. The number of aryl methyl sites for hydroxylation is 1. The van der Waals surface area contributed by atoms with Crippen molar-refractivity contribution < 1.29 is 4.42 Å². The van der Waals surface area contributed by atoms with Gasteiger partial charge in [-0.25, -0.2) is 0 Å². The topological polar surface area (TPSA) is 47.1 Å². The molecular formula is C18H24N4O. The standard InChI is InChI=1S/C18H24N4O/c1-12-4-6-14-9-22(10-15(14)8-12)11-17-19-20-18(23-17)16-7-5-13(2)21(16)3/h4-5,7,14-15H,6,8-11H2,1-3H3/t14-,15+/m0/s1. The van der Waals surface area contributed by atoms with Crippen molar-refractivity contribution >= 4 is 0 Å². The molecule has 0 unspecified atom stereocenters. The van der Waals surface area contributed by atoms with Crippen LogP contribution in [-0.2, 0) is 13.6 Å². The summed E-state index contributed by atoms with van der Waals surface area (Å²) in [6, 6.07) is 4.10. The van der Waals surface area contributed by atoms with E-state index in [1.165, 1.54) is 18.5 Å². The molecule has 2 atom stereocenters. The van der Waals surface area contributed by atoms with E-state index in [1.807, 2.05) is 13.1 Å². The SMILES string of the molecule is CC1=CC[C@H]2CN(Cc3nnc(-c4ccc(C)n4C)o3)C[C@H]2C1. The van der Waals surface area contributed by atoms with Crippen molar-refractivity contribution in [3.8, 4) is 11.6 Å². The molecule has 0 bridgehead atoms. The van der Waals surface area contributed by atoms with Gasteiger partial charge < -0.3 is 8.98 Å². The Balaban J connectivity index is 1.44. The third-order valence-electron chi connectivity index (χ3n) is 5.42. The third kappa shape index (κ3) is 2.74. The summed E-state index contributed by atoms with van der Waals surface area (Å²) < 4.78 is 7.98. The molecule has 0 radical (unpaired) electrons. The summed E-state index contributed by atoms with van der Waals surface area (Å²) >= 11 is 0. The molecule has 1 fully saturated rings. The van der Waals surface area contributed by atoms with Gasteiger partial charge in [-0.2, -0.15) is 0 Å². The summed E-state index contributed by atoms with van der Waals surface area (Å²) in [4.78, 5) is 2.47. The zero-order valence-electron chi connectivity index (χ0n) is 14.1. The van der Waals surface area contributed by atoms with Crippen molar-refractivity contribution in [2.45, 2.75) is 33.2 Å². The summed E-state index contributed by atoms with van der Waals surface area (Å²) in [6.45, 7) is 7.39. The molecular weight excluding hydrogens is 288 g/mol. The number of hydrogen-bond donors (Lipinski definition) is 0. The van der Waals surface area contributed by atoms with Crippen LogP contribution in [-0.4, -0.2) is 32.8 Å². The molecule has 23 heavy (non-hydrogen) atoms. The molecule has 5 heteroatoms. The third-order valence-corrected chi connectivity index (χ3v) is 5.42. The van der Waals surface area contributed by atoms with E-state index in [4.69, 9.17) is 4.42 Å². The number of likely N-dealkylation sites (tertiary alicyclic amines) is 1. The summed E-state index contributed by atoms with van der Waals surface area (Å²) in [5, 5.41) is 8.49. The van der Waals surface area contributed by atoms with Gasteiger partial charge in [0, 0.05) is 25.8 Å². The lowest BCUT2D eigenvalue weighted by Gasteiger charge is -2.22. The molecule has 1 aliphatic heterocycles. The number of fused-ring (bicyclic) bond motifs is 1. The summed E-state index contributed by atoms with van der Waals surface area (Å²) in [6.07, 6.45) is 4.89. The molecule has 122 valence electrons. The van der Waals surface area contributed by atoms with Crippen molar-refractivity contribution in [3.63, 3.8) is 0 Å². The second-order valence-electron chi connectivity index (χ2n) is 7.12. The monoisotopic (exact) mass is 312 g/mol. The predicted octanol–water partition coefficient (Wildman–Crippen LogP) is 3.17. The number of rotatable bonds is 3. The van der Waals surface area contributed by atoms with Gasteiger partial charge in [0.25, 0.3) is 5.89 Å². The van der Waals surface area contributed by atoms with E-state index in [9.17, 15) is 0 Å². The Morgan fingerprint density at radius 2 is 2.00 bits per heavy atom. The Labute approximate surface area is 137 Å². The average molecular weight is 312 g/mol. The highest BCUT2D eigenvalue weighted by Gasteiger charge is 2.34. The molecule has 2 aromatic heterocycles.